The fourth-order valence-corrected chi connectivity index (χ4v) is 6.55. The number of carbonyl (C=O) groups excluding carboxylic acids is 3. The van der Waals surface area contributed by atoms with Crippen molar-refractivity contribution >= 4 is 24.2 Å². The smallest absolute Gasteiger partial charge is 0.290 e. The first-order valence-electron chi connectivity index (χ1n) is 14.1. The lowest BCUT2D eigenvalue weighted by Crippen LogP contribution is -2.57. The molecule has 3 amide bonds. The molecule has 3 aliphatic rings. The molecule has 1 unspecified atom stereocenters. The van der Waals surface area contributed by atoms with Gasteiger partial charge in [0.25, 0.3) is 6.47 Å². The molecule has 220 valence electrons. The summed E-state index contributed by atoms with van der Waals surface area (Å²) in [7, 11) is 1.69. The second-order valence-corrected chi connectivity index (χ2v) is 11.8. The van der Waals surface area contributed by atoms with Crippen LogP contribution in [0.25, 0.3) is 0 Å². The number of fused-ring (bicyclic) bond motifs is 4. The molecule has 5 rings (SSSR count). The van der Waals surface area contributed by atoms with Crippen molar-refractivity contribution in [2.45, 2.75) is 83.1 Å². The molecule has 10 heteroatoms. The molecular weight excluding hydrogens is 524 g/mol. The fourth-order valence-electron chi connectivity index (χ4n) is 6.55. The highest BCUT2D eigenvalue weighted by Crippen LogP contribution is 2.50. The largest absolute Gasteiger partial charge is 0.508 e. The number of benzene rings is 2. The number of carboxylic acid groups (broad SMARTS) is 1. The van der Waals surface area contributed by atoms with Gasteiger partial charge in [0.2, 0.25) is 17.7 Å². The van der Waals surface area contributed by atoms with Crippen LogP contribution in [0.4, 0.5) is 0 Å². The van der Waals surface area contributed by atoms with Crippen molar-refractivity contribution in [1.29, 1.82) is 0 Å². The molecule has 0 aromatic heterocycles. The first-order chi connectivity index (χ1) is 19.5. The topological polar surface area (TPSA) is 148 Å². The number of amides is 3. The number of hydrogen-bond donors (Lipinski definition) is 5. The number of rotatable bonds is 5. The zero-order valence-electron chi connectivity index (χ0n) is 24.0. The Morgan fingerprint density at radius 2 is 1.78 bits per heavy atom. The maximum atomic E-state index is 14.2. The zero-order chi connectivity index (χ0) is 29.9. The number of aryl methyl sites for hydroxylation is 1. The summed E-state index contributed by atoms with van der Waals surface area (Å²) in [4.78, 5) is 51.1. The Morgan fingerprint density at radius 3 is 2.49 bits per heavy atom. The fraction of sp³-hybridized carbons (Fsp3) is 0.484. The van der Waals surface area contributed by atoms with Gasteiger partial charge in [-0.3, -0.25) is 19.2 Å². The van der Waals surface area contributed by atoms with Crippen molar-refractivity contribution in [3.63, 3.8) is 0 Å². The molecule has 0 spiro atoms. The number of phenols is 1. The summed E-state index contributed by atoms with van der Waals surface area (Å²) < 4.78 is 0. The number of carbonyl (C=O) groups is 4. The highest BCUT2D eigenvalue weighted by atomic mass is 16.3. The summed E-state index contributed by atoms with van der Waals surface area (Å²) >= 11 is 0. The molecule has 5 N–H and O–H groups in total. The molecule has 0 bridgehead atoms. The lowest BCUT2D eigenvalue weighted by molar-refractivity contribution is -0.145. The van der Waals surface area contributed by atoms with Gasteiger partial charge in [0.15, 0.2) is 0 Å². The van der Waals surface area contributed by atoms with Crippen molar-refractivity contribution in [2.24, 2.45) is 5.41 Å². The maximum Gasteiger partial charge on any atom is 0.290 e. The lowest BCUT2D eigenvalue weighted by atomic mass is 9.81. The van der Waals surface area contributed by atoms with Gasteiger partial charge in [-0.2, -0.15) is 0 Å². The molecule has 2 aliphatic heterocycles. The monoisotopic (exact) mass is 564 g/mol. The van der Waals surface area contributed by atoms with Gasteiger partial charge in [0.05, 0.1) is 18.1 Å². The minimum absolute atomic E-state index is 0.104. The molecule has 1 aliphatic carbocycles. The second-order valence-electron chi connectivity index (χ2n) is 11.8. The van der Waals surface area contributed by atoms with Crippen LogP contribution in [0.15, 0.2) is 42.5 Å². The van der Waals surface area contributed by atoms with Crippen LogP contribution in [-0.2, 0) is 32.0 Å². The van der Waals surface area contributed by atoms with E-state index in [2.05, 4.69) is 28.1 Å². The minimum atomic E-state index is -0.814. The van der Waals surface area contributed by atoms with Crippen LogP contribution in [0.3, 0.4) is 0 Å². The summed E-state index contributed by atoms with van der Waals surface area (Å²) in [6.45, 7) is 5.53. The summed E-state index contributed by atoms with van der Waals surface area (Å²) in [6, 6.07) is 10.9. The van der Waals surface area contributed by atoms with Crippen molar-refractivity contribution in [3.05, 3.63) is 64.7 Å². The van der Waals surface area contributed by atoms with E-state index in [9.17, 15) is 19.5 Å². The van der Waals surface area contributed by atoms with Gasteiger partial charge in [-0.05, 0) is 79.5 Å². The first-order valence-corrected chi connectivity index (χ1v) is 14.1. The predicted molar refractivity (Wildman–Crippen MR) is 153 cm³/mol. The number of phenolic OH excluding ortho intramolecular Hbond substituents is 1. The van der Waals surface area contributed by atoms with E-state index in [1.165, 1.54) is 5.56 Å². The van der Waals surface area contributed by atoms with E-state index in [1.807, 2.05) is 32.0 Å². The van der Waals surface area contributed by atoms with E-state index in [0.717, 1.165) is 36.0 Å². The molecule has 0 saturated carbocycles. The number of nitrogens with one attached hydrogen (secondary N) is 3. The third-order valence-electron chi connectivity index (χ3n) is 8.62. The summed E-state index contributed by atoms with van der Waals surface area (Å²) in [6.07, 6.45) is 3.71. The second kappa shape index (κ2) is 12.3. The molecule has 0 radical (unpaired) electrons. The Hall–Kier alpha value is -3.92. The molecule has 2 aromatic rings. The van der Waals surface area contributed by atoms with Gasteiger partial charge in [0, 0.05) is 6.42 Å². The van der Waals surface area contributed by atoms with Crippen LogP contribution in [0, 0.1) is 5.41 Å². The summed E-state index contributed by atoms with van der Waals surface area (Å²) in [5, 5.41) is 26.3. The van der Waals surface area contributed by atoms with Crippen molar-refractivity contribution in [3.8, 4) is 5.75 Å². The van der Waals surface area contributed by atoms with Crippen molar-refractivity contribution in [1.82, 2.24) is 20.9 Å². The van der Waals surface area contributed by atoms with Gasteiger partial charge >= 0.3 is 0 Å². The van der Waals surface area contributed by atoms with E-state index in [-0.39, 0.29) is 42.0 Å². The Kier molecular flexibility index (Phi) is 9.01. The van der Waals surface area contributed by atoms with Gasteiger partial charge in [-0.25, -0.2) is 0 Å². The lowest BCUT2D eigenvalue weighted by Gasteiger charge is -2.36. The molecule has 2 aromatic carbocycles. The summed E-state index contributed by atoms with van der Waals surface area (Å²) in [5.74, 6) is -0.600. The van der Waals surface area contributed by atoms with Crippen LogP contribution < -0.4 is 16.0 Å². The molecule has 10 nitrogen and oxygen atoms in total. The quantitative estimate of drug-likeness (QED) is 0.351. The highest BCUT2D eigenvalue weighted by molar-refractivity contribution is 5.95. The molecule has 1 saturated heterocycles. The molecule has 5 atom stereocenters. The van der Waals surface area contributed by atoms with Gasteiger partial charge in [0.1, 0.15) is 17.8 Å². The average molecular weight is 565 g/mol. The predicted octanol–water partition coefficient (Wildman–Crippen LogP) is 2.60. The Balaban J connectivity index is 0.00000124. The molecule has 41 heavy (non-hydrogen) atoms. The van der Waals surface area contributed by atoms with Crippen molar-refractivity contribution in [2.75, 3.05) is 7.05 Å². The number of aromatic hydroxyl groups is 1. The third-order valence-corrected chi connectivity index (χ3v) is 8.62. The Morgan fingerprint density at radius 1 is 1.07 bits per heavy atom. The van der Waals surface area contributed by atoms with Crippen LogP contribution in [0.2, 0.25) is 0 Å². The molecular formula is C31H40N4O6. The van der Waals surface area contributed by atoms with Crippen LogP contribution in [0.5, 0.6) is 5.75 Å². The zero-order valence-corrected chi connectivity index (χ0v) is 24.0. The minimum Gasteiger partial charge on any atom is -0.508 e. The number of nitrogens with zero attached hydrogens (tertiary/aromatic N) is 1. The number of hydrogen-bond acceptors (Lipinski definition) is 6. The third kappa shape index (κ3) is 6.07. The van der Waals surface area contributed by atoms with E-state index in [0.29, 0.717) is 12.8 Å². The van der Waals surface area contributed by atoms with Gasteiger partial charge in [-0.1, -0.05) is 44.2 Å². The van der Waals surface area contributed by atoms with Crippen LogP contribution in [-0.4, -0.2) is 64.5 Å². The van der Waals surface area contributed by atoms with E-state index < -0.39 is 23.5 Å². The highest BCUT2D eigenvalue weighted by Gasteiger charge is 2.55. The standard InChI is InChI=1S/C30H38N4O4.CH2O2/c1-17(31-4)27(36)33-24-14-19-12-13-20(35)15-22(19)25-16-30(2,3)26(34(25)29(24)38)28(37)32-23-11-7-9-18-8-5-6-10-21(18)23;2-1-3/h5-6,8,10,12-13,15,17,23-26,31,35H,7,9,11,14,16H2,1-4H3,(H,32,37)(H,33,36);1H,(H,2,3)/t17-,23+,24-,25+,26?;/m0./s1. The summed E-state index contributed by atoms with van der Waals surface area (Å²) in [5.41, 5.74) is 3.60. The van der Waals surface area contributed by atoms with Gasteiger partial charge in [-0.15, -0.1) is 0 Å². The normalized spacial score (nSPS) is 24.8. The SMILES string of the molecule is CN[C@@H](C)C(=O)N[C@H]1Cc2ccc(O)cc2[C@H]2CC(C)(C)C(C(=O)N[C@@H]3CCCc4ccccc43)N2C1=O.O=CO. The van der Waals surface area contributed by atoms with E-state index in [1.54, 1.807) is 31.0 Å². The number of likely N-dealkylation sites (N-methyl/N-ethyl adjacent to an activating group) is 1. The van der Waals surface area contributed by atoms with Crippen LogP contribution in [0.1, 0.15) is 74.4 Å². The Labute approximate surface area is 240 Å². The van der Waals surface area contributed by atoms with Crippen LogP contribution >= 0.6 is 0 Å². The van der Waals surface area contributed by atoms with Gasteiger partial charge < -0.3 is 31.1 Å². The molecule has 1 fully saturated rings. The average Bonchev–Trinajstić information content (AvgIpc) is 3.18. The molecule has 2 heterocycles. The van der Waals surface area contributed by atoms with E-state index in [4.69, 9.17) is 9.90 Å². The van der Waals surface area contributed by atoms with Crippen molar-refractivity contribution < 1.29 is 29.4 Å². The first kappa shape index (κ1) is 30.0. The Bertz CT molecular complexity index is 1310. The maximum absolute atomic E-state index is 14.2. The van der Waals surface area contributed by atoms with E-state index >= 15 is 0 Å².